The molecule has 0 radical (unpaired) electrons. The minimum Gasteiger partial charge on any atom is -0.497 e. The van der Waals surface area contributed by atoms with Gasteiger partial charge < -0.3 is 18.4 Å². The van der Waals surface area contributed by atoms with Gasteiger partial charge in [0.15, 0.2) is 5.52 Å². The maximum Gasteiger partial charge on any atom is 0.297 e. The van der Waals surface area contributed by atoms with Crippen LogP contribution in [0.1, 0.15) is 17.2 Å². The first-order valence-corrected chi connectivity index (χ1v) is 10.6. The van der Waals surface area contributed by atoms with E-state index >= 15 is 0 Å². The third-order valence-electron chi connectivity index (χ3n) is 5.65. The lowest BCUT2D eigenvalue weighted by atomic mass is 10.1. The fraction of sp³-hybridized carbons (Fsp3) is 0.200. The SMILES string of the molecule is COc1ccc(-c2nc(Cn3nc(-c4ccc(OC)cc4)c4c(C)onc4c3=O)c(C)o2)cc1. The van der Waals surface area contributed by atoms with Gasteiger partial charge in [0, 0.05) is 11.1 Å². The van der Waals surface area contributed by atoms with Crippen molar-refractivity contribution in [2.75, 3.05) is 14.2 Å². The lowest BCUT2D eigenvalue weighted by Crippen LogP contribution is -2.25. The molecule has 5 rings (SSSR count). The van der Waals surface area contributed by atoms with Crippen LogP contribution in [-0.4, -0.2) is 34.1 Å². The number of nitrogens with zero attached hydrogens (tertiary/aromatic N) is 4. The van der Waals surface area contributed by atoms with E-state index < -0.39 is 0 Å². The summed E-state index contributed by atoms with van der Waals surface area (Å²) in [4.78, 5) is 17.8. The molecule has 3 heterocycles. The second-order valence-corrected chi connectivity index (χ2v) is 7.75. The fourth-order valence-corrected chi connectivity index (χ4v) is 3.77. The molecule has 0 unspecified atom stereocenters. The van der Waals surface area contributed by atoms with Gasteiger partial charge in [-0.15, -0.1) is 0 Å². The molecule has 0 amide bonds. The van der Waals surface area contributed by atoms with Crippen LogP contribution in [-0.2, 0) is 6.54 Å². The lowest BCUT2D eigenvalue weighted by Gasteiger charge is -2.08. The summed E-state index contributed by atoms with van der Waals surface area (Å²) in [6.07, 6.45) is 0. The summed E-state index contributed by atoms with van der Waals surface area (Å²) in [6.45, 7) is 3.69. The molecule has 5 aromatic rings. The Balaban J connectivity index is 1.57. The van der Waals surface area contributed by atoms with E-state index in [1.54, 1.807) is 21.1 Å². The van der Waals surface area contributed by atoms with Crippen molar-refractivity contribution in [1.82, 2.24) is 19.9 Å². The van der Waals surface area contributed by atoms with Crippen LogP contribution in [0.15, 0.2) is 62.3 Å². The molecular formula is C25H22N4O5. The molecule has 9 nitrogen and oxygen atoms in total. The molecule has 0 spiro atoms. The number of hydrogen-bond acceptors (Lipinski definition) is 8. The number of aryl methyl sites for hydroxylation is 2. The molecule has 0 aliphatic heterocycles. The van der Waals surface area contributed by atoms with E-state index in [0.29, 0.717) is 34.2 Å². The highest BCUT2D eigenvalue weighted by molar-refractivity contribution is 5.93. The van der Waals surface area contributed by atoms with Crippen molar-refractivity contribution in [2.24, 2.45) is 0 Å². The summed E-state index contributed by atoms with van der Waals surface area (Å²) in [7, 11) is 3.22. The summed E-state index contributed by atoms with van der Waals surface area (Å²) in [6, 6.07) is 14.8. The van der Waals surface area contributed by atoms with Crippen molar-refractivity contribution in [3.63, 3.8) is 0 Å². The van der Waals surface area contributed by atoms with Crippen molar-refractivity contribution in [3.05, 3.63) is 76.1 Å². The summed E-state index contributed by atoms with van der Waals surface area (Å²) in [5, 5.41) is 9.25. The monoisotopic (exact) mass is 458 g/mol. The molecule has 3 aromatic heterocycles. The van der Waals surface area contributed by atoms with Gasteiger partial charge in [-0.05, 0) is 62.4 Å². The maximum atomic E-state index is 13.2. The molecule has 0 N–H and O–H groups in total. The standard InChI is InChI=1S/C25H22N4O5/c1-14-20(26-24(33-14)17-7-11-19(32-4)12-8-17)13-29-25(30)23-21(15(2)34-28-23)22(27-29)16-5-9-18(31-3)10-6-16/h5-12H,13H2,1-4H3. The zero-order chi connectivity index (χ0) is 23.8. The molecule has 34 heavy (non-hydrogen) atoms. The quantitative estimate of drug-likeness (QED) is 0.369. The van der Waals surface area contributed by atoms with E-state index in [4.69, 9.17) is 18.4 Å². The molecule has 0 saturated carbocycles. The zero-order valence-electron chi connectivity index (χ0n) is 19.2. The van der Waals surface area contributed by atoms with Gasteiger partial charge in [0.05, 0.1) is 26.2 Å². The number of oxazole rings is 1. The number of hydrogen-bond donors (Lipinski definition) is 0. The third kappa shape index (κ3) is 3.71. The highest BCUT2D eigenvalue weighted by Crippen LogP contribution is 2.29. The maximum absolute atomic E-state index is 13.2. The average Bonchev–Trinajstić information content (AvgIpc) is 3.44. The van der Waals surface area contributed by atoms with Crippen LogP contribution in [0.2, 0.25) is 0 Å². The van der Waals surface area contributed by atoms with Gasteiger partial charge in [0.1, 0.15) is 34.4 Å². The van der Waals surface area contributed by atoms with E-state index in [1.807, 2.05) is 55.5 Å². The molecule has 0 atom stereocenters. The minimum atomic E-state index is -0.363. The normalized spacial score (nSPS) is 11.2. The van der Waals surface area contributed by atoms with Crippen LogP contribution in [0.4, 0.5) is 0 Å². The molecule has 0 aliphatic rings. The summed E-state index contributed by atoms with van der Waals surface area (Å²) in [5.41, 5.74) is 2.65. The third-order valence-corrected chi connectivity index (χ3v) is 5.65. The van der Waals surface area contributed by atoms with E-state index in [2.05, 4.69) is 15.2 Å². The van der Waals surface area contributed by atoms with Gasteiger partial charge in [0.2, 0.25) is 5.89 Å². The molecule has 0 fully saturated rings. The first kappa shape index (κ1) is 21.4. The highest BCUT2D eigenvalue weighted by Gasteiger charge is 2.21. The Bertz CT molecular complexity index is 1530. The van der Waals surface area contributed by atoms with Crippen molar-refractivity contribution in [2.45, 2.75) is 20.4 Å². The van der Waals surface area contributed by atoms with Crippen molar-refractivity contribution >= 4 is 10.9 Å². The van der Waals surface area contributed by atoms with E-state index in [1.165, 1.54) is 4.68 Å². The first-order valence-electron chi connectivity index (χ1n) is 10.6. The minimum absolute atomic E-state index is 0.120. The van der Waals surface area contributed by atoms with Gasteiger partial charge >= 0.3 is 0 Å². The average molecular weight is 458 g/mol. The largest absolute Gasteiger partial charge is 0.497 e. The van der Waals surface area contributed by atoms with Crippen LogP contribution < -0.4 is 15.0 Å². The summed E-state index contributed by atoms with van der Waals surface area (Å²) >= 11 is 0. The molecule has 9 heteroatoms. The van der Waals surface area contributed by atoms with Gasteiger partial charge in [-0.2, -0.15) is 5.10 Å². The Hall–Kier alpha value is -4.40. The zero-order valence-corrected chi connectivity index (χ0v) is 19.2. The molecule has 0 saturated heterocycles. The number of methoxy groups -OCH3 is 2. The Labute approximate surface area is 194 Å². The van der Waals surface area contributed by atoms with Gasteiger partial charge in [0.25, 0.3) is 5.56 Å². The van der Waals surface area contributed by atoms with Crippen LogP contribution in [0.3, 0.4) is 0 Å². The van der Waals surface area contributed by atoms with Crippen LogP contribution in [0, 0.1) is 13.8 Å². The van der Waals surface area contributed by atoms with Crippen LogP contribution in [0.25, 0.3) is 33.6 Å². The summed E-state index contributed by atoms with van der Waals surface area (Å²) < 4.78 is 23.0. The second-order valence-electron chi connectivity index (χ2n) is 7.75. The Morgan fingerprint density at radius 1 is 0.882 bits per heavy atom. The number of rotatable bonds is 6. The molecule has 0 bridgehead atoms. The fourth-order valence-electron chi connectivity index (χ4n) is 3.77. The Kier molecular flexibility index (Phi) is 5.37. The van der Waals surface area contributed by atoms with Gasteiger partial charge in [-0.1, -0.05) is 5.16 Å². The Morgan fingerprint density at radius 2 is 1.50 bits per heavy atom. The molecule has 2 aromatic carbocycles. The Morgan fingerprint density at radius 3 is 2.12 bits per heavy atom. The predicted octanol–water partition coefficient (Wildman–Crippen LogP) is 4.39. The number of benzene rings is 2. The number of aromatic nitrogens is 4. The predicted molar refractivity (Wildman–Crippen MR) is 125 cm³/mol. The lowest BCUT2D eigenvalue weighted by molar-refractivity contribution is 0.405. The van der Waals surface area contributed by atoms with E-state index in [-0.39, 0.29) is 17.6 Å². The number of ether oxygens (including phenoxy) is 2. The summed E-state index contributed by atoms with van der Waals surface area (Å²) in [5.74, 6) is 3.04. The first-order chi connectivity index (χ1) is 16.5. The van der Waals surface area contributed by atoms with Crippen LogP contribution in [0.5, 0.6) is 11.5 Å². The molecular weight excluding hydrogens is 436 g/mol. The molecule has 0 aliphatic carbocycles. The van der Waals surface area contributed by atoms with Crippen molar-refractivity contribution < 1.29 is 18.4 Å². The van der Waals surface area contributed by atoms with E-state index in [9.17, 15) is 4.79 Å². The number of fused-ring (bicyclic) bond motifs is 1. The smallest absolute Gasteiger partial charge is 0.297 e. The topological polar surface area (TPSA) is 105 Å². The molecule has 172 valence electrons. The second kappa shape index (κ2) is 8.51. The van der Waals surface area contributed by atoms with E-state index in [0.717, 1.165) is 22.6 Å². The van der Waals surface area contributed by atoms with Crippen LogP contribution >= 0.6 is 0 Å². The van der Waals surface area contributed by atoms with Gasteiger partial charge in [-0.25, -0.2) is 9.67 Å². The van der Waals surface area contributed by atoms with Gasteiger partial charge in [-0.3, -0.25) is 4.79 Å². The van der Waals surface area contributed by atoms with Crippen molar-refractivity contribution in [3.8, 4) is 34.2 Å². The highest BCUT2D eigenvalue weighted by atomic mass is 16.5. The van der Waals surface area contributed by atoms with Crippen molar-refractivity contribution in [1.29, 1.82) is 0 Å².